The average molecular weight is 128 g/mol. The van der Waals surface area contributed by atoms with Crippen LogP contribution in [0, 0.1) is 0 Å². The summed E-state index contributed by atoms with van der Waals surface area (Å²) in [5.74, 6) is 0. The van der Waals surface area contributed by atoms with E-state index in [0.29, 0.717) is 0 Å². The number of hydrogen-bond donors (Lipinski definition) is 1. The van der Waals surface area contributed by atoms with E-state index < -0.39 is 0 Å². The van der Waals surface area contributed by atoms with E-state index >= 15 is 0 Å². The molecule has 0 saturated heterocycles. The predicted molar refractivity (Wildman–Crippen MR) is 41.1 cm³/mol. The van der Waals surface area contributed by atoms with Crippen molar-refractivity contribution in [2.45, 2.75) is 13.8 Å². The van der Waals surface area contributed by atoms with Crippen LogP contribution in [-0.2, 0) is 0 Å². The van der Waals surface area contributed by atoms with Crippen LogP contribution in [0.1, 0.15) is 13.8 Å². The topological polar surface area (TPSA) is 15.3 Å². The van der Waals surface area contributed by atoms with Gasteiger partial charge in [0.15, 0.2) is 0 Å². The van der Waals surface area contributed by atoms with E-state index in [9.17, 15) is 0 Å². The second-order valence-corrected chi connectivity index (χ2v) is 1.95. The Hall–Kier alpha value is -0.340. The molecule has 1 N–H and O–H groups in total. The van der Waals surface area contributed by atoms with Crippen LogP contribution in [0.4, 0.5) is 0 Å². The monoisotopic (exact) mass is 128 g/mol. The summed E-state index contributed by atoms with van der Waals surface area (Å²) in [5.41, 5.74) is 3.18. The first kappa shape index (κ1) is 8.66. The van der Waals surface area contributed by atoms with Crippen LogP contribution in [0.5, 0.6) is 0 Å². The van der Waals surface area contributed by atoms with Gasteiger partial charge >= 0.3 is 0 Å². The smallest absolute Gasteiger partial charge is 0.0283 e. The zero-order valence-electron chi connectivity index (χ0n) is 6.52. The van der Waals surface area contributed by atoms with Crippen molar-refractivity contribution in [3.63, 3.8) is 0 Å². The Labute approximate surface area is 57.5 Å². The van der Waals surface area contributed by atoms with Gasteiger partial charge in [0.05, 0.1) is 0 Å². The molecule has 54 valence electrons. The lowest BCUT2D eigenvalue weighted by molar-refractivity contribution is 0.261. The molecule has 0 aliphatic heterocycles. The molecule has 0 aromatic heterocycles. The quantitative estimate of drug-likeness (QED) is 0.449. The van der Waals surface area contributed by atoms with Crippen molar-refractivity contribution in [1.82, 2.24) is 10.4 Å². The Morgan fingerprint density at radius 3 is 2.67 bits per heavy atom. The third-order valence-corrected chi connectivity index (χ3v) is 1.19. The lowest BCUT2D eigenvalue weighted by atomic mass is 10.5. The summed E-state index contributed by atoms with van der Waals surface area (Å²) in [7, 11) is 2.03. The second kappa shape index (κ2) is 5.79. The summed E-state index contributed by atoms with van der Waals surface area (Å²) in [6.07, 6.45) is 4.13. The summed E-state index contributed by atoms with van der Waals surface area (Å²) in [5, 5.41) is 2.06. The van der Waals surface area contributed by atoms with Crippen LogP contribution in [-0.4, -0.2) is 25.1 Å². The minimum Gasteiger partial charge on any atom is -0.252 e. The van der Waals surface area contributed by atoms with Crippen LogP contribution >= 0.6 is 0 Å². The average Bonchev–Trinajstić information content (AvgIpc) is 1.89. The molecule has 0 fully saturated rings. The molecule has 9 heavy (non-hydrogen) atoms. The summed E-state index contributed by atoms with van der Waals surface area (Å²) in [4.78, 5) is 0. The maximum atomic E-state index is 3.18. The number of hydrogen-bond acceptors (Lipinski definition) is 2. The molecule has 0 rings (SSSR count). The van der Waals surface area contributed by atoms with Gasteiger partial charge in [0.2, 0.25) is 0 Å². The fraction of sp³-hybridized carbons (Fsp3) is 0.714. The molecule has 0 saturated carbocycles. The molecule has 0 aliphatic rings. The predicted octanol–water partition coefficient (Wildman–Crippen LogP) is 1.02. The van der Waals surface area contributed by atoms with Crippen molar-refractivity contribution in [1.29, 1.82) is 0 Å². The van der Waals surface area contributed by atoms with E-state index in [1.807, 2.05) is 20.0 Å². The van der Waals surface area contributed by atoms with Crippen molar-refractivity contribution in [2.24, 2.45) is 0 Å². The van der Waals surface area contributed by atoms with Gasteiger partial charge in [-0.15, -0.1) is 0 Å². The van der Waals surface area contributed by atoms with E-state index in [4.69, 9.17) is 0 Å². The van der Waals surface area contributed by atoms with E-state index in [-0.39, 0.29) is 0 Å². The lowest BCUT2D eigenvalue weighted by Crippen LogP contribution is -2.33. The Morgan fingerprint density at radius 1 is 1.56 bits per heavy atom. The highest BCUT2D eigenvalue weighted by molar-refractivity contribution is 4.78. The zero-order chi connectivity index (χ0) is 7.11. The molecule has 2 heteroatoms. The molecular formula is C7H16N2. The molecule has 0 aliphatic carbocycles. The molecular weight excluding hydrogens is 112 g/mol. The third kappa shape index (κ3) is 5.53. The van der Waals surface area contributed by atoms with E-state index in [0.717, 1.165) is 13.1 Å². The van der Waals surface area contributed by atoms with Crippen molar-refractivity contribution in [2.75, 3.05) is 20.1 Å². The maximum absolute atomic E-state index is 3.18. The van der Waals surface area contributed by atoms with Crippen molar-refractivity contribution in [3.05, 3.63) is 12.2 Å². The van der Waals surface area contributed by atoms with Gasteiger partial charge in [-0.2, -0.15) is 0 Å². The second-order valence-electron chi connectivity index (χ2n) is 1.95. The first-order chi connectivity index (χ1) is 4.31. The minimum absolute atomic E-state index is 0.931. The standard InChI is InChI=1S/C7H16N2/c1-4-6-7-8-9(3)5-2/h4,6,8H,5,7H2,1-3H3/b6-4+. The van der Waals surface area contributed by atoms with Gasteiger partial charge in [-0.25, -0.2) is 5.01 Å². The van der Waals surface area contributed by atoms with Crippen LogP contribution < -0.4 is 5.43 Å². The minimum atomic E-state index is 0.931. The fourth-order valence-corrected chi connectivity index (χ4v) is 0.438. The van der Waals surface area contributed by atoms with E-state index in [1.54, 1.807) is 0 Å². The van der Waals surface area contributed by atoms with Gasteiger partial charge in [0.25, 0.3) is 0 Å². The summed E-state index contributed by atoms with van der Waals surface area (Å²) in [6, 6.07) is 0. The molecule has 0 aromatic rings. The largest absolute Gasteiger partial charge is 0.252 e. The SMILES string of the molecule is C/C=C/CNN(C)CC. The molecule has 0 heterocycles. The van der Waals surface area contributed by atoms with Crippen molar-refractivity contribution >= 4 is 0 Å². The van der Waals surface area contributed by atoms with Gasteiger partial charge < -0.3 is 0 Å². The number of rotatable bonds is 4. The molecule has 0 spiro atoms. The molecule has 2 nitrogen and oxygen atoms in total. The third-order valence-electron chi connectivity index (χ3n) is 1.19. The molecule has 0 unspecified atom stereocenters. The van der Waals surface area contributed by atoms with Crippen LogP contribution in [0.15, 0.2) is 12.2 Å². The first-order valence-corrected chi connectivity index (χ1v) is 3.37. The zero-order valence-corrected chi connectivity index (χ0v) is 6.52. The summed E-state index contributed by atoms with van der Waals surface area (Å²) in [6.45, 7) is 6.11. The number of allylic oxidation sites excluding steroid dienone is 1. The highest BCUT2D eigenvalue weighted by Crippen LogP contribution is 1.72. The van der Waals surface area contributed by atoms with E-state index in [1.165, 1.54) is 0 Å². The van der Waals surface area contributed by atoms with Gasteiger partial charge in [-0.05, 0) is 6.92 Å². The Balaban J connectivity index is 3.06. The van der Waals surface area contributed by atoms with Crippen molar-refractivity contribution < 1.29 is 0 Å². The maximum Gasteiger partial charge on any atom is 0.0283 e. The molecule has 0 atom stereocenters. The van der Waals surface area contributed by atoms with Gasteiger partial charge in [-0.3, -0.25) is 5.43 Å². The number of nitrogens with one attached hydrogen (secondary N) is 1. The number of hydrazine groups is 1. The highest BCUT2D eigenvalue weighted by atomic mass is 15.5. The molecule has 0 radical (unpaired) electrons. The Kier molecular flexibility index (Phi) is 5.57. The highest BCUT2D eigenvalue weighted by Gasteiger charge is 1.85. The lowest BCUT2D eigenvalue weighted by Gasteiger charge is -2.13. The van der Waals surface area contributed by atoms with Crippen molar-refractivity contribution in [3.8, 4) is 0 Å². The Morgan fingerprint density at radius 2 is 2.22 bits per heavy atom. The molecule has 0 amide bonds. The van der Waals surface area contributed by atoms with Gasteiger partial charge in [0, 0.05) is 20.1 Å². The summed E-state index contributed by atoms with van der Waals surface area (Å²) >= 11 is 0. The first-order valence-electron chi connectivity index (χ1n) is 3.37. The molecule has 0 aromatic carbocycles. The normalized spacial score (nSPS) is 11.6. The van der Waals surface area contributed by atoms with Crippen LogP contribution in [0.3, 0.4) is 0 Å². The summed E-state index contributed by atoms with van der Waals surface area (Å²) < 4.78 is 0. The van der Waals surface area contributed by atoms with Crippen LogP contribution in [0.25, 0.3) is 0 Å². The Bertz CT molecular complexity index is 79.0. The van der Waals surface area contributed by atoms with Gasteiger partial charge in [-0.1, -0.05) is 19.1 Å². The number of nitrogens with zero attached hydrogens (tertiary/aromatic N) is 1. The van der Waals surface area contributed by atoms with E-state index in [2.05, 4.69) is 23.4 Å². The van der Waals surface area contributed by atoms with Crippen LogP contribution in [0.2, 0.25) is 0 Å². The fourth-order valence-electron chi connectivity index (χ4n) is 0.438. The van der Waals surface area contributed by atoms with Gasteiger partial charge in [0.1, 0.15) is 0 Å². The molecule has 0 bridgehead atoms.